The molecule has 3 nitrogen and oxygen atoms in total. The molecule has 4 heteroatoms. The van der Waals surface area contributed by atoms with Gasteiger partial charge in [-0.15, -0.1) is 0 Å². The number of sulfone groups is 1. The second kappa shape index (κ2) is 3.54. The molecule has 0 saturated carbocycles. The zero-order valence-electron chi connectivity index (χ0n) is 6.84. The lowest BCUT2D eigenvalue weighted by Crippen LogP contribution is -2.44. The van der Waals surface area contributed by atoms with Gasteiger partial charge in [-0.2, -0.15) is 0 Å². The van der Waals surface area contributed by atoms with Gasteiger partial charge in [0.2, 0.25) is 0 Å². The van der Waals surface area contributed by atoms with E-state index in [4.69, 9.17) is 0 Å². The van der Waals surface area contributed by atoms with Crippen molar-refractivity contribution in [2.75, 3.05) is 18.1 Å². The van der Waals surface area contributed by atoms with Crippen molar-refractivity contribution < 1.29 is 8.42 Å². The molecule has 0 amide bonds. The van der Waals surface area contributed by atoms with Crippen LogP contribution in [-0.2, 0) is 9.84 Å². The Hall–Kier alpha value is -0.0900. The van der Waals surface area contributed by atoms with Crippen LogP contribution >= 0.6 is 0 Å². The second-order valence-electron chi connectivity index (χ2n) is 3.05. The van der Waals surface area contributed by atoms with Crippen LogP contribution in [0.5, 0.6) is 0 Å². The van der Waals surface area contributed by atoms with Crippen LogP contribution in [0.3, 0.4) is 0 Å². The number of rotatable bonds is 2. The predicted molar refractivity (Wildman–Crippen MR) is 45.4 cm³/mol. The third-order valence-electron chi connectivity index (χ3n) is 1.94. The summed E-state index contributed by atoms with van der Waals surface area (Å²) in [5.41, 5.74) is 0. The summed E-state index contributed by atoms with van der Waals surface area (Å²) < 4.78 is 22.2. The van der Waals surface area contributed by atoms with Gasteiger partial charge in [0, 0.05) is 12.6 Å². The van der Waals surface area contributed by atoms with E-state index in [2.05, 4.69) is 12.2 Å². The molecule has 1 unspecified atom stereocenters. The summed E-state index contributed by atoms with van der Waals surface area (Å²) >= 11 is 0. The molecule has 66 valence electrons. The van der Waals surface area contributed by atoms with E-state index in [0.29, 0.717) is 18.1 Å². The van der Waals surface area contributed by atoms with Crippen molar-refractivity contribution in [3.8, 4) is 0 Å². The summed E-state index contributed by atoms with van der Waals surface area (Å²) in [6.45, 7) is 2.70. The summed E-state index contributed by atoms with van der Waals surface area (Å²) in [5, 5.41) is 3.20. The number of hydrogen-bond acceptors (Lipinski definition) is 3. The van der Waals surface area contributed by atoms with Crippen molar-refractivity contribution in [2.24, 2.45) is 0 Å². The minimum atomic E-state index is -2.72. The Balaban J connectivity index is 2.47. The maximum atomic E-state index is 11.1. The summed E-state index contributed by atoms with van der Waals surface area (Å²) in [7, 11) is -2.72. The van der Waals surface area contributed by atoms with Crippen molar-refractivity contribution >= 4 is 9.84 Å². The standard InChI is InChI=1S/C7H15NO2S/c1-2-3-7-6-11(9,10)5-4-8-7/h7-8H,2-6H2,1H3. The van der Waals surface area contributed by atoms with Gasteiger partial charge in [0.25, 0.3) is 0 Å². The fourth-order valence-corrected chi connectivity index (χ4v) is 2.89. The molecule has 1 saturated heterocycles. The Bertz CT molecular complexity index is 208. The summed E-state index contributed by atoms with van der Waals surface area (Å²) in [6.07, 6.45) is 2.02. The molecule has 0 aromatic rings. The number of nitrogens with one attached hydrogen (secondary N) is 1. The van der Waals surface area contributed by atoms with Crippen LogP contribution < -0.4 is 5.32 Å². The Kier molecular flexibility index (Phi) is 2.90. The predicted octanol–water partition coefficient (Wildman–Crippen LogP) is 0.173. The first-order valence-electron chi connectivity index (χ1n) is 4.08. The fourth-order valence-electron chi connectivity index (χ4n) is 1.40. The molecule has 11 heavy (non-hydrogen) atoms. The number of hydrogen-bond donors (Lipinski definition) is 1. The van der Waals surface area contributed by atoms with E-state index in [9.17, 15) is 8.42 Å². The van der Waals surface area contributed by atoms with Gasteiger partial charge in [0.15, 0.2) is 9.84 Å². The van der Waals surface area contributed by atoms with Crippen molar-refractivity contribution in [3.63, 3.8) is 0 Å². The minimum Gasteiger partial charge on any atom is -0.312 e. The second-order valence-corrected chi connectivity index (χ2v) is 5.28. The van der Waals surface area contributed by atoms with E-state index in [1.54, 1.807) is 0 Å². The monoisotopic (exact) mass is 177 g/mol. The summed E-state index contributed by atoms with van der Waals surface area (Å²) in [6, 6.07) is 0.207. The van der Waals surface area contributed by atoms with Gasteiger partial charge in [0.05, 0.1) is 11.5 Å². The van der Waals surface area contributed by atoms with Gasteiger partial charge in [-0.25, -0.2) is 8.42 Å². The van der Waals surface area contributed by atoms with Crippen LogP contribution in [0, 0.1) is 0 Å². The quantitative estimate of drug-likeness (QED) is 0.654. The molecule has 0 aromatic heterocycles. The van der Waals surface area contributed by atoms with E-state index < -0.39 is 9.84 Å². The average molecular weight is 177 g/mol. The average Bonchev–Trinajstić information content (AvgIpc) is 1.85. The van der Waals surface area contributed by atoms with Crippen LogP contribution in [0.4, 0.5) is 0 Å². The first-order chi connectivity index (χ1) is 5.14. The smallest absolute Gasteiger partial charge is 0.153 e. The first-order valence-corrected chi connectivity index (χ1v) is 5.90. The molecule has 1 fully saturated rings. The largest absolute Gasteiger partial charge is 0.312 e. The highest BCUT2D eigenvalue weighted by molar-refractivity contribution is 7.91. The maximum absolute atomic E-state index is 11.1. The van der Waals surface area contributed by atoms with Crippen molar-refractivity contribution in [2.45, 2.75) is 25.8 Å². The van der Waals surface area contributed by atoms with E-state index in [0.717, 1.165) is 12.8 Å². The van der Waals surface area contributed by atoms with Crippen LogP contribution in [0.2, 0.25) is 0 Å². The van der Waals surface area contributed by atoms with Crippen molar-refractivity contribution in [1.29, 1.82) is 0 Å². The normalized spacial score (nSPS) is 30.1. The Morgan fingerprint density at radius 1 is 1.55 bits per heavy atom. The molecule has 0 spiro atoms. The van der Waals surface area contributed by atoms with Crippen LogP contribution in [0.15, 0.2) is 0 Å². The Morgan fingerprint density at radius 3 is 2.82 bits per heavy atom. The van der Waals surface area contributed by atoms with Crippen molar-refractivity contribution in [1.82, 2.24) is 5.32 Å². The topological polar surface area (TPSA) is 46.2 Å². The molecule has 1 rings (SSSR count). The molecule has 0 bridgehead atoms. The lowest BCUT2D eigenvalue weighted by Gasteiger charge is -2.22. The van der Waals surface area contributed by atoms with E-state index in [1.165, 1.54) is 0 Å². The van der Waals surface area contributed by atoms with Gasteiger partial charge in [0.1, 0.15) is 0 Å². The maximum Gasteiger partial charge on any atom is 0.153 e. The third kappa shape index (κ3) is 2.79. The molecule has 0 aliphatic carbocycles. The van der Waals surface area contributed by atoms with Gasteiger partial charge >= 0.3 is 0 Å². The van der Waals surface area contributed by atoms with Gasteiger partial charge in [-0.1, -0.05) is 13.3 Å². The highest BCUT2D eigenvalue weighted by Crippen LogP contribution is 2.05. The zero-order valence-corrected chi connectivity index (χ0v) is 7.65. The van der Waals surface area contributed by atoms with Crippen LogP contribution in [0.1, 0.15) is 19.8 Å². The van der Waals surface area contributed by atoms with Gasteiger partial charge in [-0.05, 0) is 6.42 Å². The molecule has 1 heterocycles. The van der Waals surface area contributed by atoms with Crippen LogP contribution in [-0.4, -0.2) is 32.5 Å². The van der Waals surface area contributed by atoms with E-state index in [1.807, 2.05) is 0 Å². The molecule has 1 atom stereocenters. The highest BCUT2D eigenvalue weighted by Gasteiger charge is 2.22. The van der Waals surface area contributed by atoms with E-state index >= 15 is 0 Å². The Labute approximate surface area is 68.1 Å². The molecular weight excluding hydrogens is 162 g/mol. The lowest BCUT2D eigenvalue weighted by atomic mass is 10.2. The molecule has 0 radical (unpaired) electrons. The summed E-state index contributed by atoms with van der Waals surface area (Å²) in [4.78, 5) is 0. The summed E-state index contributed by atoms with van der Waals surface area (Å²) in [5.74, 6) is 0.647. The highest BCUT2D eigenvalue weighted by atomic mass is 32.2. The van der Waals surface area contributed by atoms with Crippen molar-refractivity contribution in [3.05, 3.63) is 0 Å². The van der Waals surface area contributed by atoms with Crippen LogP contribution in [0.25, 0.3) is 0 Å². The molecule has 1 aliphatic heterocycles. The Morgan fingerprint density at radius 2 is 2.27 bits per heavy atom. The third-order valence-corrected chi connectivity index (χ3v) is 3.67. The zero-order chi connectivity index (χ0) is 8.32. The van der Waals surface area contributed by atoms with Gasteiger partial charge in [-0.3, -0.25) is 0 Å². The first kappa shape index (κ1) is 9.00. The van der Waals surface area contributed by atoms with Gasteiger partial charge < -0.3 is 5.32 Å². The SMILES string of the molecule is CCCC1CS(=O)(=O)CCN1. The minimum absolute atomic E-state index is 0.207. The van der Waals surface area contributed by atoms with E-state index in [-0.39, 0.29) is 6.04 Å². The molecule has 1 N–H and O–H groups in total. The molecular formula is C7H15NO2S. The lowest BCUT2D eigenvalue weighted by molar-refractivity contribution is 0.491. The molecule has 0 aromatic carbocycles. The molecule has 1 aliphatic rings. The fraction of sp³-hybridized carbons (Fsp3) is 1.00.